The van der Waals surface area contributed by atoms with Crippen molar-refractivity contribution in [2.45, 2.75) is 0 Å². The third-order valence-corrected chi connectivity index (χ3v) is 7.73. The van der Waals surface area contributed by atoms with Crippen LogP contribution in [0.4, 0.5) is 15.8 Å². The minimum atomic E-state index is -0.472. The number of amides is 2. The highest BCUT2D eigenvalue weighted by molar-refractivity contribution is 7.16. The molecular formula is C29H25FN6O2S. The molecule has 3 aromatic carbocycles. The minimum Gasteiger partial charge on any atom is -0.369 e. The lowest BCUT2D eigenvalue weighted by atomic mass is 10.00. The van der Waals surface area contributed by atoms with Crippen LogP contribution in [-0.2, 0) is 4.79 Å². The molecule has 8 nitrogen and oxygen atoms in total. The quantitative estimate of drug-likeness (QED) is 0.325. The number of aromatic nitrogens is 2. The molecule has 0 saturated carbocycles. The van der Waals surface area contributed by atoms with Gasteiger partial charge in [-0.05, 0) is 54.1 Å². The fourth-order valence-electron chi connectivity index (χ4n) is 4.91. The Bertz CT molecular complexity index is 1710. The van der Waals surface area contributed by atoms with E-state index in [1.54, 1.807) is 34.6 Å². The van der Waals surface area contributed by atoms with Crippen LogP contribution in [0.25, 0.3) is 32.2 Å². The van der Waals surface area contributed by atoms with Gasteiger partial charge in [-0.25, -0.2) is 9.37 Å². The van der Waals surface area contributed by atoms with E-state index in [1.165, 1.54) is 6.07 Å². The fourth-order valence-corrected chi connectivity index (χ4v) is 5.57. The Hall–Kier alpha value is -4.41. The molecule has 5 aromatic rings. The Morgan fingerprint density at radius 3 is 2.59 bits per heavy atom. The van der Waals surface area contributed by atoms with Gasteiger partial charge in [0.05, 0.1) is 27.8 Å². The molecule has 0 unspecified atom stereocenters. The molecule has 2 aromatic heterocycles. The van der Waals surface area contributed by atoms with E-state index in [-0.39, 0.29) is 12.5 Å². The summed E-state index contributed by atoms with van der Waals surface area (Å²) in [5.74, 6) is -1.10. The van der Waals surface area contributed by atoms with Crippen molar-refractivity contribution in [1.29, 1.82) is 0 Å². The summed E-state index contributed by atoms with van der Waals surface area (Å²) in [4.78, 5) is 36.6. The van der Waals surface area contributed by atoms with E-state index < -0.39 is 11.7 Å². The van der Waals surface area contributed by atoms with E-state index in [0.29, 0.717) is 42.9 Å². The Morgan fingerprint density at radius 2 is 1.79 bits per heavy atom. The number of fused-ring (bicyclic) bond motifs is 2. The second-order valence-electron chi connectivity index (χ2n) is 9.48. The van der Waals surface area contributed by atoms with Crippen LogP contribution in [0.5, 0.6) is 0 Å². The molecule has 0 aliphatic carbocycles. The lowest BCUT2D eigenvalue weighted by Gasteiger charge is -2.34. The first-order valence-electron chi connectivity index (χ1n) is 12.5. The predicted octanol–water partition coefficient (Wildman–Crippen LogP) is 4.64. The Balaban J connectivity index is 1.24. The van der Waals surface area contributed by atoms with Crippen LogP contribution < -0.4 is 11.1 Å². The van der Waals surface area contributed by atoms with E-state index in [2.05, 4.69) is 15.3 Å². The number of primary amides is 1. The molecular weight excluding hydrogens is 515 g/mol. The Morgan fingerprint density at radius 1 is 0.949 bits per heavy atom. The molecule has 0 atom stereocenters. The van der Waals surface area contributed by atoms with Crippen LogP contribution in [0.15, 0.2) is 72.4 Å². The van der Waals surface area contributed by atoms with Gasteiger partial charge in [0.15, 0.2) is 0 Å². The molecule has 3 heterocycles. The second kappa shape index (κ2) is 10.4. The minimum absolute atomic E-state index is 0.172. The van der Waals surface area contributed by atoms with Crippen molar-refractivity contribution in [3.8, 4) is 11.1 Å². The van der Waals surface area contributed by atoms with Gasteiger partial charge in [0.25, 0.3) is 5.91 Å². The summed E-state index contributed by atoms with van der Waals surface area (Å²) in [6.07, 6.45) is 1.74. The zero-order valence-electron chi connectivity index (χ0n) is 20.9. The molecule has 1 aliphatic heterocycles. The van der Waals surface area contributed by atoms with Crippen molar-refractivity contribution in [3.05, 3.63) is 83.8 Å². The maximum absolute atomic E-state index is 15.4. The number of nitrogens with two attached hydrogens (primary N) is 1. The smallest absolute Gasteiger partial charge is 0.254 e. The first-order chi connectivity index (χ1) is 18.9. The maximum Gasteiger partial charge on any atom is 0.254 e. The van der Waals surface area contributed by atoms with E-state index in [0.717, 1.165) is 32.5 Å². The largest absolute Gasteiger partial charge is 0.369 e. The number of rotatable bonds is 6. The summed E-state index contributed by atoms with van der Waals surface area (Å²) in [5.41, 5.74) is 11.9. The maximum atomic E-state index is 15.4. The van der Waals surface area contributed by atoms with Crippen LogP contribution >= 0.6 is 11.3 Å². The summed E-state index contributed by atoms with van der Waals surface area (Å²) in [6, 6.07) is 18.1. The topological polar surface area (TPSA) is 104 Å². The average Bonchev–Trinajstić information content (AvgIpc) is 3.41. The lowest BCUT2D eigenvalue weighted by molar-refractivity contribution is -0.119. The number of pyridine rings is 1. The zero-order chi connectivity index (χ0) is 26.9. The van der Waals surface area contributed by atoms with E-state index in [4.69, 9.17) is 5.73 Å². The standard InChI is InChI=1S/C29H25FN6O2S/c30-23-14-19(29(38)36-11-9-35(10-12-36)16-28(31)37)1-4-21(23)18-2-5-24-22(13-18)25(7-8-32-24)34-20-3-6-27-26(15-20)33-17-39-27/h1-8,13-15,17H,9-12,16H2,(H2,31,37)(H,32,34). The molecule has 2 amide bonds. The second-order valence-corrected chi connectivity index (χ2v) is 10.4. The van der Waals surface area contributed by atoms with Crippen LogP contribution in [0.2, 0.25) is 0 Å². The number of piperazine rings is 1. The molecule has 1 fully saturated rings. The highest BCUT2D eigenvalue weighted by Gasteiger charge is 2.23. The first-order valence-corrected chi connectivity index (χ1v) is 13.4. The van der Waals surface area contributed by atoms with E-state index in [9.17, 15) is 9.59 Å². The normalized spacial score (nSPS) is 14.1. The molecule has 0 bridgehead atoms. The van der Waals surface area contributed by atoms with Gasteiger partial charge in [-0.3, -0.25) is 19.5 Å². The van der Waals surface area contributed by atoms with Crippen LogP contribution in [0.3, 0.4) is 0 Å². The number of carbonyl (C=O) groups excluding carboxylic acids is 2. The number of hydrogen-bond acceptors (Lipinski definition) is 7. The van der Waals surface area contributed by atoms with E-state index >= 15 is 4.39 Å². The monoisotopic (exact) mass is 540 g/mol. The SMILES string of the molecule is NC(=O)CN1CCN(C(=O)c2ccc(-c3ccc4nccc(Nc5ccc6scnc6c5)c4c3)c(F)c2)CC1. The summed E-state index contributed by atoms with van der Waals surface area (Å²) in [5, 5.41) is 4.30. The molecule has 196 valence electrons. The van der Waals surface area contributed by atoms with Gasteiger partial charge in [-0.2, -0.15) is 0 Å². The van der Waals surface area contributed by atoms with Crippen molar-refractivity contribution in [3.63, 3.8) is 0 Å². The number of anilines is 2. The van der Waals surface area contributed by atoms with Gasteiger partial charge in [0, 0.05) is 60.3 Å². The summed E-state index contributed by atoms with van der Waals surface area (Å²) >= 11 is 1.59. The molecule has 3 N–H and O–H groups in total. The summed E-state index contributed by atoms with van der Waals surface area (Å²) in [6.45, 7) is 2.18. The van der Waals surface area contributed by atoms with Crippen LogP contribution in [0, 0.1) is 5.82 Å². The number of carbonyl (C=O) groups is 2. The van der Waals surface area contributed by atoms with Crippen molar-refractivity contribution in [1.82, 2.24) is 19.8 Å². The van der Waals surface area contributed by atoms with Crippen molar-refractivity contribution < 1.29 is 14.0 Å². The highest BCUT2D eigenvalue weighted by Crippen LogP contribution is 2.32. The third-order valence-electron chi connectivity index (χ3n) is 6.92. The van der Waals surface area contributed by atoms with E-state index in [1.807, 2.05) is 52.9 Å². The number of halogens is 1. The number of hydrogen-bond donors (Lipinski definition) is 2. The van der Waals surface area contributed by atoms with Gasteiger partial charge in [-0.1, -0.05) is 12.1 Å². The molecule has 39 heavy (non-hydrogen) atoms. The average molecular weight is 541 g/mol. The van der Waals surface area contributed by atoms with Crippen molar-refractivity contribution in [2.24, 2.45) is 5.73 Å². The van der Waals surface area contributed by atoms with Crippen molar-refractivity contribution >= 4 is 55.6 Å². The molecule has 0 spiro atoms. The number of thiazole rings is 1. The van der Waals surface area contributed by atoms with Gasteiger partial charge < -0.3 is 16.0 Å². The highest BCUT2D eigenvalue weighted by atomic mass is 32.1. The molecule has 6 rings (SSSR count). The van der Waals surface area contributed by atoms with Gasteiger partial charge in [0.2, 0.25) is 5.91 Å². The third kappa shape index (κ3) is 5.16. The molecule has 0 radical (unpaired) electrons. The Kier molecular flexibility index (Phi) is 6.64. The number of nitrogens with one attached hydrogen (secondary N) is 1. The number of nitrogens with zero attached hydrogens (tertiary/aromatic N) is 4. The molecule has 1 aliphatic rings. The zero-order valence-corrected chi connectivity index (χ0v) is 21.7. The van der Waals surface area contributed by atoms with Crippen LogP contribution in [-0.4, -0.2) is 64.3 Å². The Labute approximate surface area is 227 Å². The fraction of sp³-hybridized carbons (Fsp3) is 0.172. The van der Waals surface area contributed by atoms with Gasteiger partial charge in [-0.15, -0.1) is 11.3 Å². The van der Waals surface area contributed by atoms with Crippen LogP contribution in [0.1, 0.15) is 10.4 Å². The van der Waals surface area contributed by atoms with Gasteiger partial charge >= 0.3 is 0 Å². The van der Waals surface area contributed by atoms with Crippen molar-refractivity contribution in [2.75, 3.05) is 38.0 Å². The summed E-state index contributed by atoms with van der Waals surface area (Å²) in [7, 11) is 0. The summed E-state index contributed by atoms with van der Waals surface area (Å²) < 4.78 is 16.5. The van der Waals surface area contributed by atoms with Gasteiger partial charge in [0.1, 0.15) is 5.82 Å². The first kappa shape index (κ1) is 24.9. The molecule has 1 saturated heterocycles. The lowest BCUT2D eigenvalue weighted by Crippen LogP contribution is -2.50. The molecule has 10 heteroatoms. The predicted molar refractivity (Wildman–Crippen MR) is 152 cm³/mol. The number of benzene rings is 3.